The monoisotopic (exact) mass is 325 g/mol. The van der Waals surface area contributed by atoms with Crippen LogP contribution in [0.1, 0.15) is 16.8 Å². The van der Waals surface area contributed by atoms with Gasteiger partial charge >= 0.3 is 0 Å². The number of carbonyl (C=O) groups excluding carboxylic acids is 1. The Bertz CT molecular complexity index is 693. The van der Waals surface area contributed by atoms with Crippen LogP contribution in [-0.2, 0) is 0 Å². The summed E-state index contributed by atoms with van der Waals surface area (Å²) in [6.45, 7) is 5.92. The molecule has 0 aliphatic carbocycles. The van der Waals surface area contributed by atoms with E-state index in [0.29, 0.717) is 6.04 Å². The van der Waals surface area contributed by atoms with Crippen LogP contribution in [0.15, 0.2) is 42.7 Å². The molecule has 2 aliphatic heterocycles. The molecule has 0 spiro atoms. The molecule has 2 aliphatic rings. The van der Waals surface area contributed by atoms with Gasteiger partial charge in [-0.15, -0.1) is 0 Å². The van der Waals surface area contributed by atoms with Crippen molar-refractivity contribution >= 4 is 5.91 Å². The van der Waals surface area contributed by atoms with Crippen molar-refractivity contribution in [3.8, 4) is 5.69 Å². The topological polar surface area (TPSA) is 53.4 Å². The summed E-state index contributed by atoms with van der Waals surface area (Å²) in [5, 5.41) is 7.66. The third kappa shape index (κ3) is 2.95. The normalized spacial score (nSPS) is 22.0. The standard InChI is InChI=1S/C18H23N5O/c24-18(16-4-1-2-5-17(16)23-10-3-7-20-23)22-11-6-15(14-22)21-12-8-19-9-13-21/h1-5,7,10,15,19H,6,8-9,11-14H2. The van der Waals surface area contributed by atoms with Gasteiger partial charge in [-0.25, -0.2) is 4.68 Å². The van der Waals surface area contributed by atoms with Crippen molar-refractivity contribution < 1.29 is 4.79 Å². The Morgan fingerprint density at radius 1 is 1.12 bits per heavy atom. The predicted molar refractivity (Wildman–Crippen MR) is 92.3 cm³/mol. The minimum atomic E-state index is 0.110. The summed E-state index contributed by atoms with van der Waals surface area (Å²) < 4.78 is 1.76. The number of rotatable bonds is 3. The third-order valence-corrected chi connectivity index (χ3v) is 5.00. The maximum Gasteiger partial charge on any atom is 0.256 e. The molecule has 4 rings (SSSR count). The molecule has 6 heteroatoms. The molecule has 0 radical (unpaired) electrons. The SMILES string of the molecule is O=C(c1ccccc1-n1cccn1)N1CCC(N2CCNCC2)C1. The fourth-order valence-corrected chi connectivity index (χ4v) is 3.71. The number of nitrogens with one attached hydrogen (secondary N) is 1. The molecular formula is C18H23N5O. The molecule has 24 heavy (non-hydrogen) atoms. The van der Waals surface area contributed by atoms with E-state index in [1.54, 1.807) is 10.9 Å². The van der Waals surface area contributed by atoms with Crippen LogP contribution in [0.2, 0.25) is 0 Å². The van der Waals surface area contributed by atoms with Gasteiger partial charge < -0.3 is 10.2 Å². The van der Waals surface area contributed by atoms with Crippen LogP contribution < -0.4 is 5.32 Å². The number of hydrogen-bond acceptors (Lipinski definition) is 4. The molecule has 126 valence electrons. The molecule has 1 aromatic carbocycles. The molecule has 2 fully saturated rings. The van der Waals surface area contributed by atoms with E-state index < -0.39 is 0 Å². The lowest BCUT2D eigenvalue weighted by atomic mass is 10.1. The van der Waals surface area contributed by atoms with Crippen LogP contribution >= 0.6 is 0 Å². The van der Waals surface area contributed by atoms with Crippen LogP contribution in [0.25, 0.3) is 5.69 Å². The zero-order valence-corrected chi connectivity index (χ0v) is 13.8. The molecular weight excluding hydrogens is 302 g/mol. The zero-order chi connectivity index (χ0) is 16.4. The van der Waals surface area contributed by atoms with Crippen LogP contribution in [0, 0.1) is 0 Å². The minimum absolute atomic E-state index is 0.110. The van der Waals surface area contributed by atoms with Gasteiger partial charge in [-0.3, -0.25) is 9.69 Å². The van der Waals surface area contributed by atoms with Crippen LogP contribution in [0.5, 0.6) is 0 Å². The molecule has 1 atom stereocenters. The van der Waals surface area contributed by atoms with Gasteiger partial charge in [0.1, 0.15) is 0 Å². The quantitative estimate of drug-likeness (QED) is 0.914. The summed E-state index contributed by atoms with van der Waals surface area (Å²) in [5.74, 6) is 0.110. The smallest absolute Gasteiger partial charge is 0.256 e. The molecule has 6 nitrogen and oxygen atoms in total. The molecule has 0 saturated carbocycles. The van der Waals surface area contributed by atoms with Crippen LogP contribution in [0.3, 0.4) is 0 Å². The molecule has 0 bridgehead atoms. The first kappa shape index (κ1) is 15.4. The zero-order valence-electron chi connectivity index (χ0n) is 13.8. The number of carbonyl (C=O) groups is 1. The van der Waals surface area contributed by atoms with Crippen LogP contribution in [0.4, 0.5) is 0 Å². The lowest BCUT2D eigenvalue weighted by Gasteiger charge is -2.32. The third-order valence-electron chi connectivity index (χ3n) is 5.00. The Kier molecular flexibility index (Phi) is 4.32. The Labute approximate surface area is 142 Å². The number of amides is 1. The lowest BCUT2D eigenvalue weighted by Crippen LogP contribution is -2.49. The predicted octanol–water partition coefficient (Wildman–Crippen LogP) is 0.992. The van der Waals surface area contributed by atoms with E-state index in [0.717, 1.165) is 56.9 Å². The molecule has 1 N–H and O–H groups in total. The van der Waals surface area contributed by atoms with Crippen molar-refractivity contribution in [3.63, 3.8) is 0 Å². The minimum Gasteiger partial charge on any atom is -0.337 e. The fourth-order valence-electron chi connectivity index (χ4n) is 3.71. The van der Waals surface area contributed by atoms with Gasteiger partial charge in [-0.2, -0.15) is 5.10 Å². The van der Waals surface area contributed by atoms with E-state index in [1.165, 1.54) is 0 Å². The Balaban J connectivity index is 1.51. The highest BCUT2D eigenvalue weighted by Crippen LogP contribution is 2.21. The number of nitrogens with zero attached hydrogens (tertiary/aromatic N) is 4. The van der Waals surface area contributed by atoms with Gasteiger partial charge in [-0.1, -0.05) is 12.1 Å². The maximum atomic E-state index is 13.0. The number of para-hydroxylation sites is 1. The number of hydrogen-bond donors (Lipinski definition) is 1. The van der Waals surface area contributed by atoms with Crippen LogP contribution in [-0.4, -0.2) is 70.8 Å². The summed E-state index contributed by atoms with van der Waals surface area (Å²) >= 11 is 0. The first-order valence-corrected chi connectivity index (χ1v) is 8.66. The average Bonchev–Trinajstić information content (AvgIpc) is 3.34. The molecule has 1 unspecified atom stereocenters. The number of aromatic nitrogens is 2. The van der Waals surface area contributed by atoms with E-state index in [4.69, 9.17) is 0 Å². The van der Waals surface area contributed by atoms with Crippen molar-refractivity contribution in [2.75, 3.05) is 39.3 Å². The average molecular weight is 325 g/mol. The lowest BCUT2D eigenvalue weighted by molar-refractivity contribution is 0.0773. The maximum absolute atomic E-state index is 13.0. The van der Waals surface area contributed by atoms with Gasteiger partial charge in [-0.05, 0) is 24.6 Å². The second-order valence-corrected chi connectivity index (χ2v) is 6.45. The van der Waals surface area contributed by atoms with Crippen molar-refractivity contribution in [2.45, 2.75) is 12.5 Å². The molecule has 1 amide bonds. The second kappa shape index (κ2) is 6.75. The van der Waals surface area contributed by atoms with E-state index in [9.17, 15) is 4.79 Å². The van der Waals surface area contributed by atoms with Gasteiger partial charge in [0, 0.05) is 57.7 Å². The Hall–Kier alpha value is -2.18. The summed E-state index contributed by atoms with van der Waals surface area (Å²) in [5.41, 5.74) is 1.57. The van der Waals surface area contributed by atoms with E-state index in [2.05, 4.69) is 15.3 Å². The van der Waals surface area contributed by atoms with Gasteiger partial charge in [0.15, 0.2) is 0 Å². The first-order valence-electron chi connectivity index (χ1n) is 8.66. The van der Waals surface area contributed by atoms with Crippen molar-refractivity contribution in [1.82, 2.24) is 24.9 Å². The Morgan fingerprint density at radius 2 is 1.96 bits per heavy atom. The van der Waals surface area contributed by atoms with Gasteiger partial charge in [0.25, 0.3) is 5.91 Å². The second-order valence-electron chi connectivity index (χ2n) is 6.45. The summed E-state index contributed by atoms with van der Waals surface area (Å²) in [6, 6.07) is 10.1. The fraction of sp³-hybridized carbons (Fsp3) is 0.444. The summed E-state index contributed by atoms with van der Waals surface area (Å²) in [4.78, 5) is 17.6. The summed E-state index contributed by atoms with van der Waals surface area (Å²) in [7, 11) is 0. The largest absolute Gasteiger partial charge is 0.337 e. The molecule has 2 saturated heterocycles. The van der Waals surface area contributed by atoms with Gasteiger partial charge in [0.05, 0.1) is 11.3 Å². The van der Waals surface area contributed by atoms with E-state index in [1.807, 2.05) is 41.4 Å². The molecule has 2 aromatic rings. The number of piperazine rings is 1. The van der Waals surface area contributed by atoms with E-state index in [-0.39, 0.29) is 5.91 Å². The Morgan fingerprint density at radius 3 is 2.75 bits per heavy atom. The molecule has 1 aromatic heterocycles. The highest BCUT2D eigenvalue weighted by molar-refractivity contribution is 5.98. The summed E-state index contributed by atoms with van der Waals surface area (Å²) in [6.07, 6.45) is 4.67. The molecule has 3 heterocycles. The highest BCUT2D eigenvalue weighted by atomic mass is 16.2. The van der Waals surface area contributed by atoms with Crippen molar-refractivity contribution in [1.29, 1.82) is 0 Å². The van der Waals surface area contributed by atoms with E-state index >= 15 is 0 Å². The highest BCUT2D eigenvalue weighted by Gasteiger charge is 2.32. The first-order chi connectivity index (χ1) is 11.8. The number of benzene rings is 1. The van der Waals surface area contributed by atoms with Gasteiger partial charge in [0.2, 0.25) is 0 Å². The van der Waals surface area contributed by atoms with Crippen molar-refractivity contribution in [3.05, 3.63) is 48.3 Å². The number of likely N-dealkylation sites (tertiary alicyclic amines) is 1. The van der Waals surface area contributed by atoms with Crippen molar-refractivity contribution in [2.24, 2.45) is 0 Å².